The fraction of sp³-hybridized carbons (Fsp3) is 0.333. The van der Waals surface area contributed by atoms with E-state index in [0.29, 0.717) is 12.0 Å². The minimum absolute atomic E-state index is 0.464. The molecule has 0 heterocycles. The zero-order valence-corrected chi connectivity index (χ0v) is 13.9. The van der Waals surface area contributed by atoms with Gasteiger partial charge in [0.25, 0.3) is 0 Å². The Morgan fingerprint density at radius 1 is 1.15 bits per heavy atom. The molecule has 0 amide bonds. The van der Waals surface area contributed by atoms with Crippen molar-refractivity contribution in [3.8, 4) is 0 Å². The maximum atomic E-state index is 3.66. The number of nitrogens with one attached hydrogen (secondary N) is 1. The molecule has 0 spiro atoms. The Morgan fingerprint density at radius 2 is 1.90 bits per heavy atom. The van der Waals surface area contributed by atoms with Crippen LogP contribution in [0.15, 0.2) is 48.5 Å². The molecule has 1 nitrogen and oxygen atoms in total. The number of fused-ring (bicyclic) bond motifs is 1. The Bertz CT molecular complexity index is 593. The third-order valence-electron chi connectivity index (χ3n) is 4.21. The van der Waals surface area contributed by atoms with Gasteiger partial charge in [0.05, 0.1) is 0 Å². The molecule has 1 N–H and O–H groups in total. The Hall–Kier alpha value is -0.870. The quantitative estimate of drug-likeness (QED) is 0.747. The van der Waals surface area contributed by atoms with Crippen molar-refractivity contribution in [1.29, 1.82) is 0 Å². The second-order valence-corrected chi connectivity index (χ2v) is 6.63. The first-order valence-corrected chi connectivity index (χ1v) is 8.43. The summed E-state index contributed by atoms with van der Waals surface area (Å²) in [5.74, 6) is 0.714. The van der Waals surface area contributed by atoms with Gasteiger partial charge in [0.2, 0.25) is 0 Å². The third-order valence-corrected chi connectivity index (χ3v) is 5.20. The van der Waals surface area contributed by atoms with Gasteiger partial charge >= 0.3 is 0 Å². The van der Waals surface area contributed by atoms with Crippen molar-refractivity contribution in [1.82, 2.24) is 5.32 Å². The lowest BCUT2D eigenvalue weighted by atomic mass is 9.74. The summed E-state index contributed by atoms with van der Waals surface area (Å²) in [7, 11) is 0. The van der Waals surface area contributed by atoms with Gasteiger partial charge in [-0.25, -0.2) is 0 Å². The van der Waals surface area contributed by atoms with Crippen LogP contribution in [0.25, 0.3) is 0 Å². The van der Waals surface area contributed by atoms with E-state index in [1.165, 1.54) is 27.5 Å². The molecule has 0 fully saturated rings. The van der Waals surface area contributed by atoms with Gasteiger partial charge in [-0.3, -0.25) is 0 Å². The monoisotopic (exact) mass is 377 g/mol. The fourth-order valence-corrected chi connectivity index (χ4v) is 3.95. The first kappa shape index (κ1) is 14.1. The standard InChI is InChI=1S/C18H20IN/c1-2-20-18(16-9-5-6-10-17(16)19)12-14-11-13-7-3-4-8-15(13)14/h3-10,14,18,20H,2,11-12H2,1H3. The average Bonchev–Trinajstić information content (AvgIpc) is 2.44. The van der Waals surface area contributed by atoms with Gasteiger partial charge in [0.15, 0.2) is 0 Å². The van der Waals surface area contributed by atoms with Crippen LogP contribution in [0.3, 0.4) is 0 Å². The van der Waals surface area contributed by atoms with Gasteiger partial charge in [0.1, 0.15) is 0 Å². The van der Waals surface area contributed by atoms with Crippen molar-refractivity contribution in [2.24, 2.45) is 0 Å². The molecule has 0 radical (unpaired) electrons. The highest BCUT2D eigenvalue weighted by molar-refractivity contribution is 14.1. The van der Waals surface area contributed by atoms with Crippen molar-refractivity contribution >= 4 is 22.6 Å². The molecular weight excluding hydrogens is 357 g/mol. The van der Waals surface area contributed by atoms with Gasteiger partial charge in [-0.05, 0) is 70.7 Å². The number of hydrogen-bond donors (Lipinski definition) is 1. The van der Waals surface area contributed by atoms with E-state index >= 15 is 0 Å². The van der Waals surface area contributed by atoms with E-state index in [1.807, 2.05) is 0 Å². The first-order chi connectivity index (χ1) is 9.79. The van der Waals surface area contributed by atoms with E-state index in [0.717, 1.165) is 6.54 Å². The highest BCUT2D eigenvalue weighted by Gasteiger charge is 2.28. The van der Waals surface area contributed by atoms with E-state index in [-0.39, 0.29) is 0 Å². The lowest BCUT2D eigenvalue weighted by molar-refractivity contribution is 0.434. The predicted molar refractivity (Wildman–Crippen MR) is 93.1 cm³/mol. The SMILES string of the molecule is CCNC(CC1Cc2ccccc21)c1ccccc1I. The third kappa shape index (κ3) is 2.77. The first-order valence-electron chi connectivity index (χ1n) is 7.35. The van der Waals surface area contributed by atoms with E-state index in [1.54, 1.807) is 5.56 Å². The zero-order valence-electron chi connectivity index (χ0n) is 11.8. The molecule has 3 rings (SSSR count). The van der Waals surface area contributed by atoms with Crippen LogP contribution >= 0.6 is 22.6 Å². The molecule has 20 heavy (non-hydrogen) atoms. The molecule has 1 aliphatic rings. The summed E-state index contributed by atoms with van der Waals surface area (Å²) in [6.45, 7) is 3.21. The van der Waals surface area contributed by atoms with E-state index in [4.69, 9.17) is 0 Å². The van der Waals surface area contributed by atoms with Crippen molar-refractivity contribution in [2.75, 3.05) is 6.54 Å². The minimum Gasteiger partial charge on any atom is -0.310 e. The summed E-state index contributed by atoms with van der Waals surface area (Å²) in [5, 5.41) is 3.66. The van der Waals surface area contributed by atoms with Crippen LogP contribution in [0, 0.1) is 3.57 Å². The Kier molecular flexibility index (Phi) is 4.41. The van der Waals surface area contributed by atoms with Crippen LogP contribution in [0.1, 0.15) is 42.0 Å². The van der Waals surface area contributed by atoms with Crippen LogP contribution in [0.2, 0.25) is 0 Å². The summed E-state index contributed by atoms with van der Waals surface area (Å²) in [6.07, 6.45) is 2.44. The van der Waals surface area contributed by atoms with Crippen molar-refractivity contribution in [3.05, 3.63) is 68.8 Å². The summed E-state index contributed by atoms with van der Waals surface area (Å²) >= 11 is 2.45. The van der Waals surface area contributed by atoms with Crippen LogP contribution < -0.4 is 5.32 Å². The lowest BCUT2D eigenvalue weighted by Crippen LogP contribution is -2.27. The smallest absolute Gasteiger partial charge is 0.0336 e. The van der Waals surface area contributed by atoms with E-state index in [2.05, 4.69) is 83.4 Å². The Balaban J connectivity index is 1.78. The molecule has 0 saturated heterocycles. The van der Waals surface area contributed by atoms with Crippen LogP contribution in [0.4, 0.5) is 0 Å². The molecule has 0 saturated carbocycles. The maximum Gasteiger partial charge on any atom is 0.0336 e. The summed E-state index contributed by atoms with van der Waals surface area (Å²) < 4.78 is 1.36. The average molecular weight is 377 g/mol. The number of halogens is 1. The second-order valence-electron chi connectivity index (χ2n) is 5.47. The van der Waals surface area contributed by atoms with Gasteiger partial charge in [-0.15, -0.1) is 0 Å². The number of hydrogen-bond acceptors (Lipinski definition) is 1. The van der Waals surface area contributed by atoms with E-state index in [9.17, 15) is 0 Å². The Labute approximate surface area is 134 Å². The summed E-state index contributed by atoms with van der Waals surface area (Å²) in [4.78, 5) is 0. The second kappa shape index (κ2) is 6.27. The van der Waals surface area contributed by atoms with Gasteiger partial charge in [-0.1, -0.05) is 49.4 Å². The maximum absolute atomic E-state index is 3.66. The summed E-state index contributed by atoms with van der Waals surface area (Å²) in [6, 6.07) is 18.1. The van der Waals surface area contributed by atoms with Crippen molar-refractivity contribution in [3.63, 3.8) is 0 Å². The van der Waals surface area contributed by atoms with E-state index < -0.39 is 0 Å². The van der Waals surface area contributed by atoms with Crippen molar-refractivity contribution < 1.29 is 0 Å². The molecule has 0 aromatic heterocycles. The molecule has 2 heteroatoms. The molecule has 2 atom stereocenters. The van der Waals surface area contributed by atoms with Gasteiger partial charge in [-0.2, -0.15) is 0 Å². The molecular formula is C18H20IN. The highest BCUT2D eigenvalue weighted by Crippen LogP contribution is 2.41. The predicted octanol–water partition coefficient (Wildman–Crippen LogP) is 4.67. The van der Waals surface area contributed by atoms with Crippen LogP contribution in [-0.4, -0.2) is 6.54 Å². The molecule has 1 aliphatic carbocycles. The van der Waals surface area contributed by atoms with Gasteiger partial charge < -0.3 is 5.32 Å². The summed E-state index contributed by atoms with van der Waals surface area (Å²) in [5.41, 5.74) is 4.54. The lowest BCUT2D eigenvalue weighted by Gasteiger charge is -2.33. The molecule has 0 aliphatic heterocycles. The van der Waals surface area contributed by atoms with Gasteiger partial charge in [0, 0.05) is 9.61 Å². The van der Waals surface area contributed by atoms with Crippen LogP contribution in [0.5, 0.6) is 0 Å². The Morgan fingerprint density at radius 3 is 2.65 bits per heavy atom. The topological polar surface area (TPSA) is 12.0 Å². The minimum atomic E-state index is 0.464. The van der Waals surface area contributed by atoms with Crippen molar-refractivity contribution in [2.45, 2.75) is 31.7 Å². The highest BCUT2D eigenvalue weighted by atomic mass is 127. The number of rotatable bonds is 5. The molecule has 2 aromatic rings. The number of benzene rings is 2. The molecule has 2 unspecified atom stereocenters. The fourth-order valence-electron chi connectivity index (χ4n) is 3.18. The normalized spacial score (nSPS) is 18.2. The zero-order chi connectivity index (χ0) is 13.9. The van der Waals surface area contributed by atoms with Crippen LogP contribution in [-0.2, 0) is 6.42 Å². The molecule has 0 bridgehead atoms. The molecule has 2 aromatic carbocycles. The molecule has 104 valence electrons. The largest absolute Gasteiger partial charge is 0.310 e.